The van der Waals surface area contributed by atoms with Crippen molar-refractivity contribution in [1.29, 1.82) is 0 Å². The van der Waals surface area contributed by atoms with Crippen LogP contribution in [0.15, 0.2) is 18.3 Å². The average molecular weight is 193 g/mol. The summed E-state index contributed by atoms with van der Waals surface area (Å²) in [6.45, 7) is 0.455. The van der Waals surface area contributed by atoms with E-state index in [0.717, 1.165) is 18.7 Å². The zero-order valence-corrected chi connectivity index (χ0v) is 8.29. The Morgan fingerprint density at radius 3 is 2.86 bits per heavy atom. The minimum absolute atomic E-state index is 0.127. The monoisotopic (exact) mass is 193 g/mol. The molecule has 76 valence electrons. The highest BCUT2D eigenvalue weighted by molar-refractivity contribution is 5.98. The summed E-state index contributed by atoms with van der Waals surface area (Å²) in [5, 5.41) is 0. The standard InChI is InChI=1S/C10H15N3O/c1-13(8-3-2-6-12-8)9(14)10(7-11)4-5-10/h2-3,6,12H,4-5,7,11H2,1H3. The second-order valence-corrected chi connectivity index (χ2v) is 3.90. The number of carbonyl (C=O) groups excluding carboxylic acids is 1. The van der Waals surface area contributed by atoms with Gasteiger partial charge < -0.3 is 15.6 Å². The molecule has 4 nitrogen and oxygen atoms in total. The second kappa shape index (κ2) is 3.13. The van der Waals surface area contributed by atoms with Crippen molar-refractivity contribution >= 4 is 11.7 Å². The van der Waals surface area contributed by atoms with Gasteiger partial charge in [0.1, 0.15) is 5.82 Å². The number of carbonyl (C=O) groups is 1. The van der Waals surface area contributed by atoms with Gasteiger partial charge in [0, 0.05) is 19.8 Å². The van der Waals surface area contributed by atoms with Crippen molar-refractivity contribution in [3.8, 4) is 0 Å². The van der Waals surface area contributed by atoms with Gasteiger partial charge in [-0.1, -0.05) is 0 Å². The van der Waals surface area contributed by atoms with E-state index in [4.69, 9.17) is 5.73 Å². The fourth-order valence-electron chi connectivity index (χ4n) is 1.65. The van der Waals surface area contributed by atoms with E-state index in [-0.39, 0.29) is 11.3 Å². The van der Waals surface area contributed by atoms with Crippen LogP contribution in [0.2, 0.25) is 0 Å². The lowest BCUT2D eigenvalue weighted by molar-refractivity contribution is -0.123. The van der Waals surface area contributed by atoms with Gasteiger partial charge in [-0.3, -0.25) is 4.79 Å². The number of nitrogens with zero attached hydrogens (tertiary/aromatic N) is 1. The minimum atomic E-state index is -0.264. The SMILES string of the molecule is CN(C(=O)C1(CN)CC1)c1ccc[nH]1. The largest absolute Gasteiger partial charge is 0.348 e. The molecule has 1 fully saturated rings. The van der Waals surface area contributed by atoms with Crippen molar-refractivity contribution in [2.45, 2.75) is 12.8 Å². The molecule has 0 atom stereocenters. The van der Waals surface area contributed by atoms with Crippen LogP contribution in [0.3, 0.4) is 0 Å². The van der Waals surface area contributed by atoms with Gasteiger partial charge >= 0.3 is 0 Å². The zero-order chi connectivity index (χ0) is 10.2. The number of H-pyrrole nitrogens is 1. The molecule has 0 aromatic carbocycles. The van der Waals surface area contributed by atoms with Crippen LogP contribution in [0.25, 0.3) is 0 Å². The van der Waals surface area contributed by atoms with E-state index in [2.05, 4.69) is 4.98 Å². The van der Waals surface area contributed by atoms with Gasteiger partial charge in [0.05, 0.1) is 5.41 Å². The van der Waals surface area contributed by atoms with E-state index in [1.54, 1.807) is 18.1 Å². The number of amides is 1. The predicted molar refractivity (Wildman–Crippen MR) is 54.9 cm³/mol. The highest BCUT2D eigenvalue weighted by Crippen LogP contribution is 2.46. The highest BCUT2D eigenvalue weighted by Gasteiger charge is 2.50. The van der Waals surface area contributed by atoms with Crippen LogP contribution in [0.4, 0.5) is 5.82 Å². The van der Waals surface area contributed by atoms with Crippen LogP contribution in [-0.4, -0.2) is 24.5 Å². The van der Waals surface area contributed by atoms with E-state index in [1.807, 2.05) is 12.1 Å². The Labute approximate surface area is 83.1 Å². The molecule has 1 saturated carbocycles. The highest BCUT2D eigenvalue weighted by atomic mass is 16.2. The molecule has 0 radical (unpaired) electrons. The number of hydrogen-bond donors (Lipinski definition) is 2. The van der Waals surface area contributed by atoms with Crippen molar-refractivity contribution in [3.05, 3.63) is 18.3 Å². The second-order valence-electron chi connectivity index (χ2n) is 3.90. The summed E-state index contributed by atoms with van der Waals surface area (Å²) in [5.41, 5.74) is 5.34. The third-order valence-corrected chi connectivity index (χ3v) is 2.95. The summed E-state index contributed by atoms with van der Waals surface area (Å²) < 4.78 is 0. The molecule has 1 aliphatic rings. The van der Waals surface area contributed by atoms with Crippen LogP contribution in [0.5, 0.6) is 0 Å². The van der Waals surface area contributed by atoms with Crippen molar-refractivity contribution in [2.24, 2.45) is 11.1 Å². The van der Waals surface area contributed by atoms with Gasteiger partial charge in [-0.25, -0.2) is 0 Å². The van der Waals surface area contributed by atoms with Crippen LogP contribution < -0.4 is 10.6 Å². The first-order chi connectivity index (χ1) is 6.69. The Morgan fingerprint density at radius 2 is 2.43 bits per heavy atom. The molecule has 1 aromatic rings. The fourth-order valence-corrected chi connectivity index (χ4v) is 1.65. The molecule has 1 heterocycles. The van der Waals surface area contributed by atoms with Gasteiger partial charge in [-0.05, 0) is 25.0 Å². The van der Waals surface area contributed by atoms with E-state index in [1.165, 1.54) is 0 Å². The molecule has 0 unspecified atom stereocenters. The average Bonchev–Trinajstić information content (AvgIpc) is 2.82. The first-order valence-corrected chi connectivity index (χ1v) is 4.81. The Hall–Kier alpha value is -1.29. The number of rotatable bonds is 3. The van der Waals surface area contributed by atoms with E-state index in [9.17, 15) is 4.79 Å². The molecular formula is C10H15N3O. The molecule has 1 aliphatic carbocycles. The summed E-state index contributed by atoms with van der Waals surface area (Å²) in [7, 11) is 1.78. The van der Waals surface area contributed by atoms with Crippen molar-refractivity contribution in [2.75, 3.05) is 18.5 Å². The fraction of sp³-hybridized carbons (Fsp3) is 0.500. The minimum Gasteiger partial charge on any atom is -0.348 e. The lowest BCUT2D eigenvalue weighted by Gasteiger charge is -2.20. The van der Waals surface area contributed by atoms with Crippen LogP contribution in [-0.2, 0) is 4.79 Å². The zero-order valence-electron chi connectivity index (χ0n) is 8.29. The topological polar surface area (TPSA) is 62.1 Å². The predicted octanol–water partition coefficient (Wildman–Crippen LogP) is 0.716. The molecule has 3 N–H and O–H groups in total. The van der Waals surface area contributed by atoms with Gasteiger partial charge in [-0.15, -0.1) is 0 Å². The Balaban J connectivity index is 2.13. The van der Waals surface area contributed by atoms with E-state index < -0.39 is 0 Å². The lowest BCUT2D eigenvalue weighted by atomic mass is 10.1. The molecule has 0 bridgehead atoms. The third-order valence-electron chi connectivity index (χ3n) is 2.95. The smallest absolute Gasteiger partial charge is 0.235 e. The molecule has 2 rings (SSSR count). The normalized spacial score (nSPS) is 17.9. The molecule has 0 spiro atoms. The number of hydrogen-bond acceptors (Lipinski definition) is 2. The number of nitrogens with two attached hydrogens (primary N) is 1. The Kier molecular flexibility index (Phi) is 2.07. The molecule has 1 aromatic heterocycles. The Morgan fingerprint density at radius 1 is 1.71 bits per heavy atom. The number of aromatic amines is 1. The van der Waals surface area contributed by atoms with Crippen molar-refractivity contribution in [1.82, 2.24) is 4.98 Å². The van der Waals surface area contributed by atoms with Crippen LogP contribution in [0, 0.1) is 5.41 Å². The summed E-state index contributed by atoms with van der Waals surface area (Å²) in [6.07, 6.45) is 3.65. The van der Waals surface area contributed by atoms with E-state index >= 15 is 0 Å². The van der Waals surface area contributed by atoms with Gasteiger partial charge in [0.15, 0.2) is 0 Å². The number of aromatic nitrogens is 1. The summed E-state index contributed by atoms with van der Waals surface area (Å²) in [6, 6.07) is 3.76. The van der Waals surface area contributed by atoms with Gasteiger partial charge in [-0.2, -0.15) is 0 Å². The lowest BCUT2D eigenvalue weighted by Crippen LogP contribution is -2.38. The summed E-state index contributed by atoms with van der Waals surface area (Å²) in [4.78, 5) is 16.6. The van der Waals surface area contributed by atoms with Gasteiger partial charge in [0.25, 0.3) is 0 Å². The number of nitrogens with one attached hydrogen (secondary N) is 1. The molecule has 14 heavy (non-hydrogen) atoms. The first kappa shape index (κ1) is 9.27. The maximum Gasteiger partial charge on any atom is 0.235 e. The number of anilines is 1. The van der Waals surface area contributed by atoms with Crippen molar-refractivity contribution < 1.29 is 4.79 Å². The molecule has 0 aliphatic heterocycles. The molecule has 1 amide bonds. The van der Waals surface area contributed by atoms with Crippen LogP contribution >= 0.6 is 0 Å². The van der Waals surface area contributed by atoms with E-state index in [0.29, 0.717) is 6.54 Å². The first-order valence-electron chi connectivity index (χ1n) is 4.81. The maximum atomic E-state index is 12.0. The third kappa shape index (κ3) is 1.32. The molecule has 0 saturated heterocycles. The maximum absolute atomic E-state index is 12.0. The van der Waals surface area contributed by atoms with Gasteiger partial charge in [0.2, 0.25) is 5.91 Å². The molecular weight excluding hydrogens is 178 g/mol. The van der Waals surface area contributed by atoms with Crippen molar-refractivity contribution in [3.63, 3.8) is 0 Å². The molecule has 4 heteroatoms. The Bertz CT molecular complexity index is 327. The summed E-state index contributed by atoms with van der Waals surface area (Å²) >= 11 is 0. The quantitative estimate of drug-likeness (QED) is 0.743. The van der Waals surface area contributed by atoms with Crippen LogP contribution in [0.1, 0.15) is 12.8 Å². The summed E-state index contributed by atoms with van der Waals surface area (Å²) in [5.74, 6) is 0.956.